The molecule has 2 aromatic heterocycles. The van der Waals surface area contributed by atoms with Crippen LogP contribution in [0, 0.1) is 0 Å². The first-order valence-electron chi connectivity index (χ1n) is 8.62. The molecule has 3 heterocycles. The monoisotopic (exact) mass is 352 g/mol. The number of aromatic nitrogens is 2. The number of fused-ring (bicyclic) bond motifs is 1. The molecule has 1 aliphatic rings. The lowest BCUT2D eigenvalue weighted by Gasteiger charge is -2.25. The van der Waals surface area contributed by atoms with E-state index in [1.807, 2.05) is 30.3 Å². The molecule has 0 saturated carbocycles. The molecule has 1 aromatic carbocycles. The van der Waals surface area contributed by atoms with E-state index in [1.54, 1.807) is 17.7 Å². The van der Waals surface area contributed by atoms with Gasteiger partial charge in [0.25, 0.3) is 0 Å². The Morgan fingerprint density at radius 2 is 2.16 bits per heavy atom. The van der Waals surface area contributed by atoms with E-state index < -0.39 is 0 Å². The summed E-state index contributed by atoms with van der Waals surface area (Å²) in [4.78, 5) is 26.1. The van der Waals surface area contributed by atoms with E-state index in [9.17, 15) is 4.79 Å². The molecule has 1 atom stereocenters. The van der Waals surface area contributed by atoms with Crippen LogP contribution in [0.4, 0.5) is 11.5 Å². The van der Waals surface area contributed by atoms with Crippen molar-refractivity contribution in [1.29, 1.82) is 0 Å². The third-order valence-corrected chi connectivity index (χ3v) is 5.76. The Morgan fingerprint density at radius 3 is 2.96 bits per heavy atom. The molecule has 3 aromatic rings. The number of carbonyl (C=O) groups is 1. The zero-order valence-electron chi connectivity index (χ0n) is 14.1. The molecule has 1 fully saturated rings. The zero-order valence-corrected chi connectivity index (χ0v) is 14.9. The summed E-state index contributed by atoms with van der Waals surface area (Å²) in [6.45, 7) is 2.99. The molecule has 0 spiro atoms. The fourth-order valence-electron chi connectivity index (χ4n) is 3.34. The number of amides is 1. The number of anilines is 2. The Labute approximate surface area is 150 Å². The Hall–Kier alpha value is -2.47. The molecule has 1 amide bonds. The number of thiophene rings is 1. The van der Waals surface area contributed by atoms with Crippen LogP contribution in [0.15, 0.2) is 42.7 Å². The Bertz CT molecular complexity index is 893. The number of benzene rings is 1. The van der Waals surface area contributed by atoms with Crippen LogP contribution in [0.2, 0.25) is 0 Å². The number of rotatable bonds is 4. The predicted molar refractivity (Wildman–Crippen MR) is 102 cm³/mol. The lowest BCUT2D eigenvalue weighted by atomic mass is 10.2. The highest BCUT2D eigenvalue weighted by Crippen LogP contribution is 2.34. The molecule has 0 bridgehead atoms. The molecule has 128 valence electrons. The second kappa shape index (κ2) is 6.80. The third-order valence-electron chi connectivity index (χ3n) is 4.58. The molecule has 4 rings (SSSR count). The van der Waals surface area contributed by atoms with Gasteiger partial charge in [0.05, 0.1) is 5.39 Å². The van der Waals surface area contributed by atoms with Gasteiger partial charge in [-0.05, 0) is 37.5 Å². The molecule has 0 radical (unpaired) electrons. The molecule has 5 nitrogen and oxygen atoms in total. The van der Waals surface area contributed by atoms with Crippen molar-refractivity contribution in [2.45, 2.75) is 32.2 Å². The number of nitrogens with zero attached hydrogens (tertiary/aromatic N) is 3. The lowest BCUT2D eigenvalue weighted by Crippen LogP contribution is -2.40. The summed E-state index contributed by atoms with van der Waals surface area (Å²) in [7, 11) is 0. The van der Waals surface area contributed by atoms with E-state index in [-0.39, 0.29) is 11.9 Å². The number of nitrogens with one attached hydrogen (secondary N) is 1. The first-order chi connectivity index (χ1) is 12.3. The van der Waals surface area contributed by atoms with Crippen molar-refractivity contribution in [2.24, 2.45) is 0 Å². The third kappa shape index (κ3) is 3.09. The van der Waals surface area contributed by atoms with Crippen LogP contribution in [0.5, 0.6) is 0 Å². The number of aryl methyl sites for hydroxylation is 1. The van der Waals surface area contributed by atoms with Gasteiger partial charge in [-0.1, -0.05) is 25.1 Å². The first kappa shape index (κ1) is 16.0. The second-order valence-electron chi connectivity index (χ2n) is 6.19. The van der Waals surface area contributed by atoms with Crippen LogP contribution >= 0.6 is 11.3 Å². The van der Waals surface area contributed by atoms with Crippen LogP contribution < -0.4 is 10.2 Å². The van der Waals surface area contributed by atoms with E-state index in [1.165, 1.54) is 4.88 Å². The minimum atomic E-state index is -0.191. The van der Waals surface area contributed by atoms with Crippen LogP contribution in [-0.4, -0.2) is 28.5 Å². The molecule has 25 heavy (non-hydrogen) atoms. The van der Waals surface area contributed by atoms with Crippen LogP contribution in [0.3, 0.4) is 0 Å². The maximum atomic E-state index is 12.8. The van der Waals surface area contributed by atoms with Gasteiger partial charge < -0.3 is 10.2 Å². The van der Waals surface area contributed by atoms with Crippen molar-refractivity contribution in [2.75, 3.05) is 16.8 Å². The fraction of sp³-hybridized carbons (Fsp3) is 0.316. The minimum absolute atomic E-state index is 0.0291. The van der Waals surface area contributed by atoms with E-state index in [0.717, 1.165) is 47.5 Å². The summed E-state index contributed by atoms with van der Waals surface area (Å²) in [5, 5.41) is 4.09. The number of para-hydroxylation sites is 1. The maximum Gasteiger partial charge on any atom is 0.247 e. The zero-order chi connectivity index (χ0) is 17.2. The molecule has 1 aliphatic heterocycles. The number of hydrogen-bond donors (Lipinski definition) is 1. The van der Waals surface area contributed by atoms with Crippen LogP contribution in [0.25, 0.3) is 10.2 Å². The molecule has 1 unspecified atom stereocenters. The van der Waals surface area contributed by atoms with Crippen LogP contribution in [-0.2, 0) is 11.2 Å². The number of hydrogen-bond acceptors (Lipinski definition) is 5. The molecular weight excluding hydrogens is 332 g/mol. The molecular formula is C19H20N4OS. The minimum Gasteiger partial charge on any atom is -0.344 e. The quantitative estimate of drug-likeness (QED) is 0.774. The summed E-state index contributed by atoms with van der Waals surface area (Å²) in [5.74, 6) is 0.910. The maximum absolute atomic E-state index is 12.8. The van der Waals surface area contributed by atoms with Gasteiger partial charge >= 0.3 is 0 Å². The largest absolute Gasteiger partial charge is 0.344 e. The smallest absolute Gasteiger partial charge is 0.247 e. The van der Waals surface area contributed by atoms with Crippen molar-refractivity contribution < 1.29 is 4.79 Å². The lowest BCUT2D eigenvalue weighted by molar-refractivity contribution is -0.117. The highest BCUT2D eigenvalue weighted by Gasteiger charge is 2.33. The van der Waals surface area contributed by atoms with Crippen molar-refractivity contribution in [3.8, 4) is 0 Å². The van der Waals surface area contributed by atoms with Gasteiger partial charge in [0.2, 0.25) is 5.91 Å². The van der Waals surface area contributed by atoms with Gasteiger partial charge in [0.15, 0.2) is 0 Å². The summed E-state index contributed by atoms with van der Waals surface area (Å²) in [6.07, 6.45) is 4.43. The summed E-state index contributed by atoms with van der Waals surface area (Å²) in [6, 6.07) is 11.6. The Balaban J connectivity index is 1.63. The predicted octanol–water partition coefficient (Wildman–Crippen LogP) is 3.86. The van der Waals surface area contributed by atoms with E-state index >= 15 is 0 Å². The summed E-state index contributed by atoms with van der Waals surface area (Å²) in [5.41, 5.74) is 0.830. The van der Waals surface area contributed by atoms with E-state index in [2.05, 4.69) is 33.2 Å². The Kier molecular flexibility index (Phi) is 4.36. The second-order valence-corrected chi connectivity index (χ2v) is 7.30. The van der Waals surface area contributed by atoms with Gasteiger partial charge in [-0.25, -0.2) is 9.97 Å². The normalized spacial score (nSPS) is 17.2. The van der Waals surface area contributed by atoms with Gasteiger partial charge in [0.1, 0.15) is 23.0 Å². The highest BCUT2D eigenvalue weighted by molar-refractivity contribution is 7.18. The van der Waals surface area contributed by atoms with Crippen LogP contribution in [0.1, 0.15) is 24.6 Å². The molecule has 6 heteroatoms. The highest BCUT2D eigenvalue weighted by atomic mass is 32.1. The first-order valence-corrected chi connectivity index (χ1v) is 9.44. The fourth-order valence-corrected chi connectivity index (χ4v) is 4.27. The standard InChI is InChI=1S/C19H20N4OS/c1-2-14-11-15-17(20-12-21-19(15)25-14)23-10-6-9-16(23)18(24)22-13-7-4-3-5-8-13/h3-5,7-8,11-12,16H,2,6,9-10H2,1H3,(H,22,24). The summed E-state index contributed by atoms with van der Waals surface area (Å²) >= 11 is 1.70. The SMILES string of the molecule is CCc1cc2c(N3CCCC3C(=O)Nc3ccccc3)ncnc2s1. The summed E-state index contributed by atoms with van der Waals surface area (Å²) < 4.78 is 0. The topological polar surface area (TPSA) is 58.1 Å². The van der Waals surface area contributed by atoms with Crippen molar-refractivity contribution in [3.63, 3.8) is 0 Å². The van der Waals surface area contributed by atoms with Gasteiger partial charge in [-0.15, -0.1) is 11.3 Å². The van der Waals surface area contributed by atoms with E-state index in [0.29, 0.717) is 0 Å². The average molecular weight is 352 g/mol. The van der Waals surface area contributed by atoms with E-state index in [4.69, 9.17) is 0 Å². The average Bonchev–Trinajstić information content (AvgIpc) is 3.28. The van der Waals surface area contributed by atoms with Gasteiger partial charge in [-0.2, -0.15) is 0 Å². The van der Waals surface area contributed by atoms with Crippen molar-refractivity contribution in [1.82, 2.24) is 9.97 Å². The number of carbonyl (C=O) groups excluding carboxylic acids is 1. The van der Waals surface area contributed by atoms with Gasteiger partial charge in [0, 0.05) is 17.1 Å². The molecule has 1 N–H and O–H groups in total. The van der Waals surface area contributed by atoms with Crippen molar-refractivity contribution in [3.05, 3.63) is 47.6 Å². The molecule has 0 aliphatic carbocycles. The van der Waals surface area contributed by atoms with Crippen molar-refractivity contribution >= 4 is 39.0 Å². The van der Waals surface area contributed by atoms with Gasteiger partial charge in [-0.3, -0.25) is 4.79 Å². The Morgan fingerprint density at radius 1 is 1.32 bits per heavy atom. The molecule has 1 saturated heterocycles.